The number of fused-ring (bicyclic) bond motifs is 1. The van der Waals surface area contributed by atoms with Crippen LogP contribution in [-0.4, -0.2) is 26.1 Å². The van der Waals surface area contributed by atoms with Crippen molar-refractivity contribution < 1.29 is 4.74 Å². The molecule has 26 heavy (non-hydrogen) atoms. The summed E-state index contributed by atoms with van der Waals surface area (Å²) >= 11 is 1.65. The number of imidazole rings is 1. The molecule has 3 heterocycles. The fourth-order valence-corrected chi connectivity index (χ4v) is 3.77. The van der Waals surface area contributed by atoms with Crippen LogP contribution in [0, 0.1) is 6.92 Å². The number of H-pyrrole nitrogens is 1. The lowest BCUT2D eigenvalue weighted by atomic mass is 10.2. The van der Waals surface area contributed by atoms with E-state index in [1.165, 1.54) is 0 Å². The molecule has 1 aromatic carbocycles. The van der Waals surface area contributed by atoms with Crippen molar-refractivity contribution in [1.29, 1.82) is 0 Å². The quantitative estimate of drug-likeness (QED) is 0.502. The van der Waals surface area contributed by atoms with Gasteiger partial charge in [0.25, 0.3) is 0 Å². The van der Waals surface area contributed by atoms with Crippen LogP contribution in [0.1, 0.15) is 18.2 Å². The first kappa shape index (κ1) is 16.7. The van der Waals surface area contributed by atoms with Crippen molar-refractivity contribution in [3.05, 3.63) is 66.2 Å². The third kappa shape index (κ3) is 3.32. The van der Waals surface area contributed by atoms with Gasteiger partial charge in [-0.15, -0.1) is 0 Å². The number of hydrogen-bond acceptors (Lipinski definition) is 4. The van der Waals surface area contributed by atoms with Gasteiger partial charge in [0.05, 0.1) is 23.3 Å². The summed E-state index contributed by atoms with van der Waals surface area (Å²) in [5.74, 6) is 1.65. The molecular formula is C20H20N4OS. The van der Waals surface area contributed by atoms with E-state index in [1.54, 1.807) is 18.0 Å². The zero-order valence-electron chi connectivity index (χ0n) is 14.8. The number of rotatable bonds is 6. The van der Waals surface area contributed by atoms with Gasteiger partial charge < -0.3 is 14.3 Å². The first-order valence-electron chi connectivity index (χ1n) is 8.58. The van der Waals surface area contributed by atoms with E-state index in [4.69, 9.17) is 4.74 Å². The molecule has 132 valence electrons. The summed E-state index contributed by atoms with van der Waals surface area (Å²) in [5, 5.41) is 0.896. The molecule has 0 saturated heterocycles. The van der Waals surface area contributed by atoms with Gasteiger partial charge in [-0.1, -0.05) is 11.8 Å². The number of thioether (sulfide) groups is 1. The summed E-state index contributed by atoms with van der Waals surface area (Å²) in [6.07, 6.45) is 5.87. The monoisotopic (exact) mass is 364 g/mol. The van der Waals surface area contributed by atoms with Crippen molar-refractivity contribution >= 4 is 22.8 Å². The first-order valence-corrected chi connectivity index (χ1v) is 9.56. The van der Waals surface area contributed by atoms with Crippen LogP contribution in [-0.2, 0) is 5.75 Å². The second-order valence-electron chi connectivity index (χ2n) is 5.94. The summed E-state index contributed by atoms with van der Waals surface area (Å²) in [4.78, 5) is 12.6. The zero-order valence-corrected chi connectivity index (χ0v) is 15.6. The molecule has 0 aliphatic rings. The number of aromatic nitrogens is 4. The third-order valence-corrected chi connectivity index (χ3v) is 5.14. The number of pyridine rings is 1. The second-order valence-corrected chi connectivity index (χ2v) is 6.90. The van der Waals surface area contributed by atoms with E-state index in [1.807, 2.05) is 43.6 Å². The first-order chi connectivity index (χ1) is 12.7. The lowest BCUT2D eigenvalue weighted by Crippen LogP contribution is -1.99. The Bertz CT molecular complexity index is 1020. The molecule has 0 atom stereocenters. The molecule has 1 N–H and O–H groups in total. The van der Waals surface area contributed by atoms with E-state index in [0.717, 1.165) is 44.6 Å². The van der Waals surface area contributed by atoms with Gasteiger partial charge >= 0.3 is 0 Å². The van der Waals surface area contributed by atoms with Gasteiger partial charge in [-0.2, -0.15) is 0 Å². The van der Waals surface area contributed by atoms with Crippen molar-refractivity contribution in [2.24, 2.45) is 0 Å². The Balaban J connectivity index is 1.54. The molecule has 0 radical (unpaired) electrons. The number of benzene rings is 1. The number of ether oxygens (including phenoxy) is 1. The fourth-order valence-electron chi connectivity index (χ4n) is 2.86. The van der Waals surface area contributed by atoms with Gasteiger partial charge in [0, 0.05) is 35.6 Å². The number of nitrogens with one attached hydrogen (secondary N) is 1. The van der Waals surface area contributed by atoms with E-state index < -0.39 is 0 Å². The zero-order chi connectivity index (χ0) is 17.9. The minimum Gasteiger partial charge on any atom is -0.493 e. The Morgan fingerprint density at radius 2 is 2.04 bits per heavy atom. The smallest absolute Gasteiger partial charge is 0.166 e. The van der Waals surface area contributed by atoms with E-state index in [9.17, 15) is 0 Å². The van der Waals surface area contributed by atoms with Crippen LogP contribution in [0.2, 0.25) is 0 Å². The largest absolute Gasteiger partial charge is 0.493 e. The topological polar surface area (TPSA) is 55.7 Å². The molecule has 4 rings (SSSR count). The van der Waals surface area contributed by atoms with Crippen molar-refractivity contribution in [2.45, 2.75) is 24.8 Å². The summed E-state index contributed by atoms with van der Waals surface area (Å²) in [5.41, 5.74) is 5.23. The molecule has 5 nitrogen and oxygen atoms in total. The molecule has 3 aromatic heterocycles. The molecule has 0 amide bonds. The standard InChI is InChI=1S/C20H20N4OS/c1-3-25-19-8-9-21-18(14(19)2)13-26-20-22-16-7-6-15(12-17(16)23-20)24-10-4-5-11-24/h4-12H,3,13H2,1-2H3,(H,22,23). The van der Waals surface area contributed by atoms with Crippen LogP contribution >= 0.6 is 11.8 Å². The van der Waals surface area contributed by atoms with Crippen molar-refractivity contribution in [3.63, 3.8) is 0 Å². The second kappa shape index (κ2) is 7.25. The molecule has 0 saturated carbocycles. The predicted octanol–water partition coefficient (Wildman–Crippen LogP) is 4.75. The Morgan fingerprint density at radius 3 is 2.85 bits per heavy atom. The predicted molar refractivity (Wildman–Crippen MR) is 105 cm³/mol. The van der Waals surface area contributed by atoms with E-state index in [0.29, 0.717) is 6.61 Å². The van der Waals surface area contributed by atoms with Crippen molar-refractivity contribution in [2.75, 3.05) is 6.61 Å². The lowest BCUT2D eigenvalue weighted by molar-refractivity contribution is 0.337. The Hall–Kier alpha value is -2.73. The van der Waals surface area contributed by atoms with Gasteiger partial charge in [0.15, 0.2) is 5.16 Å². The maximum atomic E-state index is 5.65. The average molecular weight is 364 g/mol. The van der Waals surface area contributed by atoms with Crippen LogP contribution < -0.4 is 4.74 Å². The molecule has 0 aliphatic carbocycles. The molecule has 0 fully saturated rings. The van der Waals surface area contributed by atoms with Crippen LogP contribution in [0.25, 0.3) is 16.7 Å². The Labute approximate surface area is 156 Å². The highest BCUT2D eigenvalue weighted by Crippen LogP contribution is 2.27. The SMILES string of the molecule is CCOc1ccnc(CSc2nc3ccc(-n4cccc4)cc3[nH]2)c1C. The van der Waals surface area contributed by atoms with Crippen LogP contribution in [0.3, 0.4) is 0 Å². The normalized spacial score (nSPS) is 11.2. The highest BCUT2D eigenvalue weighted by Gasteiger charge is 2.10. The number of aromatic amines is 1. The van der Waals surface area contributed by atoms with E-state index in [2.05, 4.69) is 38.6 Å². The average Bonchev–Trinajstić information content (AvgIpc) is 3.31. The minimum atomic E-state index is 0.657. The Morgan fingerprint density at radius 1 is 1.19 bits per heavy atom. The van der Waals surface area contributed by atoms with Crippen LogP contribution in [0.15, 0.2) is 60.1 Å². The van der Waals surface area contributed by atoms with Crippen molar-refractivity contribution in [3.8, 4) is 11.4 Å². The van der Waals surface area contributed by atoms with Gasteiger partial charge in [0.1, 0.15) is 5.75 Å². The molecule has 6 heteroatoms. The van der Waals surface area contributed by atoms with Crippen LogP contribution in [0.4, 0.5) is 0 Å². The van der Waals surface area contributed by atoms with Crippen LogP contribution in [0.5, 0.6) is 5.75 Å². The molecule has 0 bridgehead atoms. The fraction of sp³-hybridized carbons (Fsp3) is 0.200. The van der Waals surface area contributed by atoms with E-state index in [-0.39, 0.29) is 0 Å². The lowest BCUT2D eigenvalue weighted by Gasteiger charge is -2.09. The summed E-state index contributed by atoms with van der Waals surface area (Å²) < 4.78 is 7.73. The summed E-state index contributed by atoms with van der Waals surface area (Å²) in [6.45, 7) is 4.70. The summed E-state index contributed by atoms with van der Waals surface area (Å²) in [7, 11) is 0. The molecule has 0 spiro atoms. The molecule has 0 aliphatic heterocycles. The van der Waals surface area contributed by atoms with Crippen molar-refractivity contribution in [1.82, 2.24) is 19.5 Å². The van der Waals surface area contributed by atoms with E-state index >= 15 is 0 Å². The molecule has 0 unspecified atom stereocenters. The van der Waals surface area contributed by atoms with Gasteiger partial charge in [-0.05, 0) is 50.2 Å². The molecule has 4 aromatic rings. The number of nitrogens with zero attached hydrogens (tertiary/aromatic N) is 3. The Kier molecular flexibility index (Phi) is 4.67. The minimum absolute atomic E-state index is 0.657. The van der Waals surface area contributed by atoms with Gasteiger partial charge in [-0.3, -0.25) is 4.98 Å². The maximum Gasteiger partial charge on any atom is 0.166 e. The highest BCUT2D eigenvalue weighted by atomic mass is 32.2. The highest BCUT2D eigenvalue weighted by molar-refractivity contribution is 7.98. The van der Waals surface area contributed by atoms with Gasteiger partial charge in [0.2, 0.25) is 0 Å². The third-order valence-electron chi connectivity index (χ3n) is 4.25. The molecular weight excluding hydrogens is 344 g/mol. The summed E-state index contributed by atoms with van der Waals surface area (Å²) in [6, 6.07) is 12.2. The van der Waals surface area contributed by atoms with Gasteiger partial charge in [-0.25, -0.2) is 4.98 Å². The maximum absolute atomic E-state index is 5.65. The number of hydrogen-bond donors (Lipinski definition) is 1.